The molecule has 0 amide bonds. The maximum atomic E-state index is 3.68. The first-order valence-electron chi connectivity index (χ1n) is 6.52. The monoisotopic (exact) mass is 212 g/mol. The number of nitrogens with one attached hydrogen (secondary N) is 1. The zero-order valence-electron chi connectivity index (χ0n) is 11.1. The Bertz CT molecular complexity index is 177. The van der Waals surface area contributed by atoms with Gasteiger partial charge in [-0.1, -0.05) is 13.8 Å². The predicted molar refractivity (Wildman–Crippen MR) is 67.2 cm³/mol. The average Bonchev–Trinajstić information content (AvgIpc) is 2.25. The van der Waals surface area contributed by atoms with Gasteiger partial charge in [0.05, 0.1) is 0 Å². The van der Waals surface area contributed by atoms with Gasteiger partial charge in [0.25, 0.3) is 0 Å². The number of hydrogen-bond acceptors (Lipinski definition) is 2. The van der Waals surface area contributed by atoms with E-state index in [9.17, 15) is 0 Å². The molecule has 1 saturated heterocycles. The molecule has 0 bridgehead atoms. The minimum absolute atomic E-state index is 0.618. The number of nitrogens with zero attached hydrogens (tertiary/aromatic N) is 1. The third kappa shape index (κ3) is 4.12. The zero-order valence-corrected chi connectivity index (χ0v) is 11.1. The Labute approximate surface area is 95.4 Å². The second kappa shape index (κ2) is 5.86. The summed E-state index contributed by atoms with van der Waals surface area (Å²) in [7, 11) is 0. The summed E-state index contributed by atoms with van der Waals surface area (Å²) in [6.45, 7) is 12.8. The van der Waals surface area contributed by atoms with Crippen LogP contribution in [-0.4, -0.2) is 35.6 Å². The summed E-state index contributed by atoms with van der Waals surface area (Å²) in [6, 6.07) is 2.76. The SMILES string of the molecule is CC(C)NC1CCCN(C(C)C)[C@H](C)C1. The second-order valence-corrected chi connectivity index (χ2v) is 5.58. The minimum Gasteiger partial charge on any atom is -0.312 e. The molecule has 1 heterocycles. The lowest BCUT2D eigenvalue weighted by Crippen LogP contribution is -2.41. The molecule has 0 radical (unpaired) electrons. The lowest BCUT2D eigenvalue weighted by atomic mass is 10.0. The smallest absolute Gasteiger partial charge is 0.00846 e. The van der Waals surface area contributed by atoms with Crippen molar-refractivity contribution in [3.8, 4) is 0 Å². The highest BCUT2D eigenvalue weighted by Crippen LogP contribution is 2.19. The fourth-order valence-electron chi connectivity index (χ4n) is 2.80. The summed E-state index contributed by atoms with van der Waals surface area (Å²) in [5.41, 5.74) is 0. The molecule has 1 aliphatic rings. The lowest BCUT2D eigenvalue weighted by molar-refractivity contribution is 0.164. The Morgan fingerprint density at radius 1 is 1.20 bits per heavy atom. The second-order valence-electron chi connectivity index (χ2n) is 5.58. The molecule has 1 N–H and O–H groups in total. The van der Waals surface area contributed by atoms with Crippen molar-refractivity contribution in [2.24, 2.45) is 0 Å². The summed E-state index contributed by atoms with van der Waals surface area (Å²) in [5, 5.41) is 3.68. The van der Waals surface area contributed by atoms with E-state index in [1.165, 1.54) is 25.8 Å². The largest absolute Gasteiger partial charge is 0.312 e. The highest BCUT2D eigenvalue weighted by atomic mass is 15.2. The quantitative estimate of drug-likeness (QED) is 0.773. The van der Waals surface area contributed by atoms with Gasteiger partial charge in [-0.3, -0.25) is 4.90 Å². The van der Waals surface area contributed by atoms with Crippen LogP contribution in [0.1, 0.15) is 53.9 Å². The molecule has 0 aromatic carbocycles. The van der Waals surface area contributed by atoms with E-state index in [1.54, 1.807) is 0 Å². The van der Waals surface area contributed by atoms with Gasteiger partial charge in [0, 0.05) is 24.2 Å². The summed E-state index contributed by atoms with van der Waals surface area (Å²) in [5.74, 6) is 0. The van der Waals surface area contributed by atoms with Gasteiger partial charge in [-0.05, 0) is 46.6 Å². The normalized spacial score (nSPS) is 29.8. The van der Waals surface area contributed by atoms with E-state index < -0.39 is 0 Å². The Balaban J connectivity index is 2.49. The van der Waals surface area contributed by atoms with Crippen LogP contribution >= 0.6 is 0 Å². The molecule has 1 fully saturated rings. The topological polar surface area (TPSA) is 15.3 Å². The molecule has 90 valence electrons. The maximum Gasteiger partial charge on any atom is 0.00846 e. The van der Waals surface area contributed by atoms with E-state index in [0.717, 1.165) is 12.1 Å². The Morgan fingerprint density at radius 2 is 1.87 bits per heavy atom. The van der Waals surface area contributed by atoms with Crippen LogP contribution in [0.25, 0.3) is 0 Å². The van der Waals surface area contributed by atoms with Gasteiger partial charge in [0.2, 0.25) is 0 Å². The number of likely N-dealkylation sites (tertiary alicyclic amines) is 1. The molecule has 15 heavy (non-hydrogen) atoms. The van der Waals surface area contributed by atoms with Gasteiger partial charge in [-0.2, -0.15) is 0 Å². The summed E-state index contributed by atoms with van der Waals surface area (Å²) >= 11 is 0. The van der Waals surface area contributed by atoms with Crippen LogP contribution in [0, 0.1) is 0 Å². The van der Waals surface area contributed by atoms with E-state index in [0.29, 0.717) is 12.1 Å². The van der Waals surface area contributed by atoms with Crippen LogP contribution in [0.4, 0.5) is 0 Å². The molecule has 1 aliphatic heterocycles. The highest BCUT2D eigenvalue weighted by Gasteiger charge is 2.24. The van der Waals surface area contributed by atoms with Crippen LogP contribution in [0.3, 0.4) is 0 Å². The molecule has 0 spiro atoms. The third-order valence-electron chi connectivity index (χ3n) is 3.39. The van der Waals surface area contributed by atoms with Crippen molar-refractivity contribution in [3.63, 3.8) is 0 Å². The van der Waals surface area contributed by atoms with Crippen molar-refractivity contribution in [1.29, 1.82) is 0 Å². The lowest BCUT2D eigenvalue weighted by Gasteiger charge is -2.31. The molecule has 1 rings (SSSR count). The first-order chi connectivity index (χ1) is 7.00. The van der Waals surface area contributed by atoms with Crippen LogP contribution in [-0.2, 0) is 0 Å². The van der Waals surface area contributed by atoms with E-state index in [4.69, 9.17) is 0 Å². The zero-order chi connectivity index (χ0) is 11.4. The minimum atomic E-state index is 0.618. The van der Waals surface area contributed by atoms with Crippen LogP contribution in [0.2, 0.25) is 0 Å². The standard InChI is InChI=1S/C13H28N2/c1-10(2)14-13-7-6-8-15(11(3)4)12(5)9-13/h10-14H,6-9H2,1-5H3/t12-,13?/m1/s1. The highest BCUT2D eigenvalue weighted by molar-refractivity contribution is 4.82. The molecule has 1 unspecified atom stereocenters. The van der Waals surface area contributed by atoms with E-state index >= 15 is 0 Å². The van der Waals surface area contributed by atoms with E-state index in [1.807, 2.05) is 0 Å². The summed E-state index contributed by atoms with van der Waals surface area (Å²) < 4.78 is 0. The van der Waals surface area contributed by atoms with Gasteiger partial charge in [-0.15, -0.1) is 0 Å². The van der Waals surface area contributed by atoms with Crippen molar-refractivity contribution in [1.82, 2.24) is 10.2 Å². The molecular formula is C13H28N2. The molecule has 2 heteroatoms. The first-order valence-corrected chi connectivity index (χ1v) is 6.52. The third-order valence-corrected chi connectivity index (χ3v) is 3.39. The van der Waals surface area contributed by atoms with E-state index in [-0.39, 0.29) is 0 Å². The predicted octanol–water partition coefficient (Wildman–Crippen LogP) is 2.64. The van der Waals surface area contributed by atoms with E-state index in [2.05, 4.69) is 44.8 Å². The van der Waals surface area contributed by atoms with Gasteiger partial charge in [0.15, 0.2) is 0 Å². The Morgan fingerprint density at radius 3 is 2.40 bits per heavy atom. The van der Waals surface area contributed by atoms with Gasteiger partial charge in [-0.25, -0.2) is 0 Å². The molecular weight excluding hydrogens is 184 g/mol. The van der Waals surface area contributed by atoms with Gasteiger partial charge >= 0.3 is 0 Å². The van der Waals surface area contributed by atoms with Crippen molar-refractivity contribution in [3.05, 3.63) is 0 Å². The van der Waals surface area contributed by atoms with Crippen molar-refractivity contribution in [2.75, 3.05) is 6.54 Å². The number of hydrogen-bond donors (Lipinski definition) is 1. The molecule has 0 aromatic rings. The fraction of sp³-hybridized carbons (Fsp3) is 1.00. The Hall–Kier alpha value is -0.0800. The molecule has 2 nitrogen and oxygen atoms in total. The van der Waals surface area contributed by atoms with Crippen molar-refractivity contribution >= 4 is 0 Å². The van der Waals surface area contributed by atoms with Crippen LogP contribution in [0.5, 0.6) is 0 Å². The maximum absolute atomic E-state index is 3.68. The molecule has 0 aromatic heterocycles. The molecule has 0 aliphatic carbocycles. The van der Waals surface area contributed by atoms with Crippen molar-refractivity contribution in [2.45, 2.75) is 78.0 Å². The van der Waals surface area contributed by atoms with Crippen molar-refractivity contribution < 1.29 is 0 Å². The van der Waals surface area contributed by atoms with Crippen LogP contribution < -0.4 is 5.32 Å². The van der Waals surface area contributed by atoms with Gasteiger partial charge in [0.1, 0.15) is 0 Å². The molecule has 0 saturated carbocycles. The van der Waals surface area contributed by atoms with Crippen LogP contribution in [0.15, 0.2) is 0 Å². The summed E-state index contributed by atoms with van der Waals surface area (Å²) in [4.78, 5) is 2.64. The number of rotatable bonds is 3. The Kier molecular flexibility index (Phi) is 5.07. The first kappa shape index (κ1) is 13.0. The average molecular weight is 212 g/mol. The summed E-state index contributed by atoms with van der Waals surface area (Å²) in [6.07, 6.45) is 3.98. The fourth-order valence-corrected chi connectivity index (χ4v) is 2.80. The van der Waals surface area contributed by atoms with Gasteiger partial charge < -0.3 is 5.32 Å². The molecule has 2 atom stereocenters.